The highest BCUT2D eigenvalue weighted by Gasteiger charge is 2.33. The van der Waals surface area contributed by atoms with Crippen molar-refractivity contribution in [1.82, 2.24) is 9.47 Å². The highest BCUT2D eigenvalue weighted by Crippen LogP contribution is 2.32. The Bertz CT molecular complexity index is 604. The van der Waals surface area contributed by atoms with Crippen molar-refractivity contribution in [2.24, 2.45) is 7.05 Å². The van der Waals surface area contributed by atoms with E-state index >= 15 is 0 Å². The number of carbonyl (C=O) groups is 2. The first kappa shape index (κ1) is 13.8. The second kappa shape index (κ2) is 5.18. The summed E-state index contributed by atoms with van der Waals surface area (Å²) >= 11 is 6.15. The zero-order chi connectivity index (χ0) is 14.2. The molecular formula is C12H12N2O3S2. The molecule has 1 saturated heterocycles. The van der Waals surface area contributed by atoms with Crippen molar-refractivity contribution in [3.8, 4) is 0 Å². The minimum absolute atomic E-state index is 0.282. The lowest BCUT2D eigenvalue weighted by Crippen LogP contribution is -2.33. The van der Waals surface area contributed by atoms with Crippen LogP contribution in [0.2, 0.25) is 0 Å². The molecule has 2 rings (SSSR count). The predicted molar refractivity (Wildman–Crippen MR) is 77.7 cm³/mol. The first-order valence-electron chi connectivity index (χ1n) is 5.49. The Morgan fingerprint density at radius 2 is 2.21 bits per heavy atom. The van der Waals surface area contributed by atoms with Gasteiger partial charge in [-0.3, -0.25) is 14.5 Å². The number of aliphatic carboxylic acids is 1. The molecule has 0 radical (unpaired) electrons. The number of aryl methyl sites for hydroxylation is 1. The van der Waals surface area contributed by atoms with Gasteiger partial charge in [0.15, 0.2) is 0 Å². The van der Waals surface area contributed by atoms with Crippen LogP contribution >= 0.6 is 24.0 Å². The topological polar surface area (TPSA) is 62.5 Å². The summed E-state index contributed by atoms with van der Waals surface area (Å²) in [6.45, 7) is 1.57. The summed E-state index contributed by atoms with van der Waals surface area (Å²) in [6, 6.07) is 3.85. The summed E-state index contributed by atoms with van der Waals surface area (Å²) in [7, 11) is 1.90. The third-order valence-electron chi connectivity index (χ3n) is 2.86. The standard InChI is InChI=1S/C12H12N2O3S2/c1-7-3-4-8(13(7)2)5-9-11(17)14(6-10(15)16)12(18)19-9/h3-5H,6H2,1-2H3,(H,15,16)/b9-5+. The molecule has 2 heterocycles. The molecule has 0 unspecified atom stereocenters. The predicted octanol–water partition coefficient (Wildman–Crippen LogP) is 1.62. The molecular weight excluding hydrogens is 284 g/mol. The van der Waals surface area contributed by atoms with Crippen molar-refractivity contribution in [3.63, 3.8) is 0 Å². The van der Waals surface area contributed by atoms with Crippen LogP contribution < -0.4 is 0 Å². The quantitative estimate of drug-likeness (QED) is 0.678. The largest absolute Gasteiger partial charge is 0.480 e. The van der Waals surface area contributed by atoms with Crippen molar-refractivity contribution in [3.05, 3.63) is 28.4 Å². The molecule has 1 aliphatic rings. The second-order valence-electron chi connectivity index (χ2n) is 4.12. The Morgan fingerprint density at radius 1 is 1.53 bits per heavy atom. The molecule has 0 spiro atoms. The molecule has 0 bridgehead atoms. The smallest absolute Gasteiger partial charge is 0.323 e. The highest BCUT2D eigenvalue weighted by molar-refractivity contribution is 8.26. The highest BCUT2D eigenvalue weighted by atomic mass is 32.2. The molecule has 0 aromatic carbocycles. The number of carbonyl (C=O) groups excluding carboxylic acids is 1. The molecule has 1 fully saturated rings. The van der Waals surface area contributed by atoms with Crippen LogP contribution in [0, 0.1) is 6.92 Å². The number of aromatic nitrogens is 1. The van der Waals surface area contributed by atoms with Crippen LogP contribution in [-0.4, -0.2) is 37.3 Å². The first-order valence-corrected chi connectivity index (χ1v) is 6.72. The Hall–Kier alpha value is -1.60. The van der Waals surface area contributed by atoms with E-state index in [-0.39, 0.29) is 10.2 Å². The number of nitrogens with zero attached hydrogens (tertiary/aromatic N) is 2. The fourth-order valence-electron chi connectivity index (χ4n) is 1.68. The van der Waals surface area contributed by atoms with Crippen LogP contribution in [0.25, 0.3) is 6.08 Å². The van der Waals surface area contributed by atoms with Gasteiger partial charge in [0.1, 0.15) is 10.9 Å². The summed E-state index contributed by atoms with van der Waals surface area (Å²) in [4.78, 5) is 24.3. The third-order valence-corrected chi connectivity index (χ3v) is 4.24. The minimum atomic E-state index is -1.08. The van der Waals surface area contributed by atoms with E-state index in [1.165, 1.54) is 0 Å². The van der Waals surface area contributed by atoms with Crippen molar-refractivity contribution in [2.45, 2.75) is 6.92 Å². The van der Waals surface area contributed by atoms with Crippen LogP contribution in [0.4, 0.5) is 0 Å². The number of carboxylic acids is 1. The van der Waals surface area contributed by atoms with Crippen LogP contribution in [0.1, 0.15) is 11.4 Å². The van der Waals surface area contributed by atoms with E-state index in [1.807, 2.05) is 30.7 Å². The van der Waals surface area contributed by atoms with Crippen LogP contribution in [0.5, 0.6) is 0 Å². The van der Waals surface area contributed by atoms with Crippen molar-refractivity contribution in [2.75, 3.05) is 6.54 Å². The van der Waals surface area contributed by atoms with Crippen LogP contribution in [-0.2, 0) is 16.6 Å². The Morgan fingerprint density at radius 3 is 2.74 bits per heavy atom. The molecule has 100 valence electrons. The average molecular weight is 296 g/mol. The monoisotopic (exact) mass is 296 g/mol. The molecule has 5 nitrogen and oxygen atoms in total. The van der Waals surface area contributed by atoms with Gasteiger partial charge in [-0.1, -0.05) is 24.0 Å². The maximum Gasteiger partial charge on any atom is 0.323 e. The average Bonchev–Trinajstić information content (AvgIpc) is 2.77. The van der Waals surface area contributed by atoms with E-state index in [1.54, 1.807) is 6.08 Å². The number of hydrogen-bond donors (Lipinski definition) is 1. The molecule has 1 amide bonds. The summed E-state index contributed by atoms with van der Waals surface area (Å²) in [5.41, 5.74) is 1.96. The molecule has 19 heavy (non-hydrogen) atoms. The van der Waals surface area contributed by atoms with Gasteiger partial charge < -0.3 is 9.67 Å². The third kappa shape index (κ3) is 2.71. The summed E-state index contributed by atoms with van der Waals surface area (Å²) in [5, 5.41) is 8.75. The fourth-order valence-corrected chi connectivity index (χ4v) is 2.92. The lowest BCUT2D eigenvalue weighted by Gasteiger charge is -2.10. The zero-order valence-corrected chi connectivity index (χ0v) is 12.0. The molecule has 0 atom stereocenters. The Kier molecular flexibility index (Phi) is 3.77. The van der Waals surface area contributed by atoms with E-state index < -0.39 is 12.5 Å². The molecule has 1 N–H and O–H groups in total. The Labute approximate surface area is 119 Å². The maximum atomic E-state index is 12.1. The zero-order valence-electron chi connectivity index (χ0n) is 10.4. The minimum Gasteiger partial charge on any atom is -0.480 e. The molecule has 1 aromatic rings. The Balaban J connectivity index is 2.28. The number of carboxylic acid groups (broad SMARTS) is 1. The van der Waals surface area contributed by atoms with Gasteiger partial charge in [0.2, 0.25) is 0 Å². The number of hydrogen-bond acceptors (Lipinski definition) is 4. The lowest BCUT2D eigenvalue weighted by atomic mass is 10.3. The molecule has 1 aromatic heterocycles. The van der Waals surface area contributed by atoms with E-state index in [9.17, 15) is 9.59 Å². The second-order valence-corrected chi connectivity index (χ2v) is 5.80. The summed E-state index contributed by atoms with van der Waals surface area (Å²) in [6.07, 6.45) is 1.73. The van der Waals surface area contributed by atoms with E-state index in [2.05, 4.69) is 0 Å². The van der Waals surface area contributed by atoms with E-state index in [4.69, 9.17) is 17.3 Å². The van der Waals surface area contributed by atoms with Gasteiger partial charge in [0, 0.05) is 18.4 Å². The van der Waals surface area contributed by atoms with Crippen molar-refractivity contribution >= 4 is 46.3 Å². The van der Waals surface area contributed by atoms with Gasteiger partial charge in [-0.2, -0.15) is 0 Å². The molecule has 0 aliphatic carbocycles. The van der Waals surface area contributed by atoms with Gasteiger partial charge in [0.25, 0.3) is 5.91 Å². The number of amides is 1. The van der Waals surface area contributed by atoms with Gasteiger partial charge >= 0.3 is 5.97 Å². The normalized spacial score (nSPS) is 17.6. The van der Waals surface area contributed by atoms with Crippen LogP contribution in [0.15, 0.2) is 17.0 Å². The van der Waals surface area contributed by atoms with Gasteiger partial charge in [0.05, 0.1) is 4.91 Å². The SMILES string of the molecule is Cc1ccc(/C=C2/SC(=S)N(CC(=O)O)C2=O)n1C. The molecule has 1 aliphatic heterocycles. The van der Waals surface area contributed by atoms with E-state index in [0.717, 1.165) is 28.0 Å². The summed E-state index contributed by atoms with van der Waals surface area (Å²) in [5.74, 6) is -1.43. The lowest BCUT2D eigenvalue weighted by molar-refractivity contribution is -0.140. The maximum absolute atomic E-state index is 12.1. The summed E-state index contributed by atoms with van der Waals surface area (Å²) < 4.78 is 2.23. The first-order chi connectivity index (χ1) is 8.90. The number of thioether (sulfide) groups is 1. The van der Waals surface area contributed by atoms with Gasteiger partial charge in [-0.15, -0.1) is 0 Å². The number of rotatable bonds is 3. The molecule has 7 heteroatoms. The fraction of sp³-hybridized carbons (Fsp3) is 0.250. The van der Waals surface area contributed by atoms with Gasteiger partial charge in [-0.25, -0.2) is 0 Å². The van der Waals surface area contributed by atoms with Crippen molar-refractivity contribution < 1.29 is 14.7 Å². The van der Waals surface area contributed by atoms with E-state index in [0.29, 0.717) is 4.91 Å². The van der Waals surface area contributed by atoms with Gasteiger partial charge in [-0.05, 0) is 25.1 Å². The molecule has 0 saturated carbocycles. The van der Waals surface area contributed by atoms with Crippen LogP contribution in [0.3, 0.4) is 0 Å². The van der Waals surface area contributed by atoms with Crippen molar-refractivity contribution in [1.29, 1.82) is 0 Å². The number of thiocarbonyl (C=S) groups is 1.